The molecule has 4 nitrogen and oxygen atoms in total. The first kappa shape index (κ1) is 10.6. The Labute approximate surface area is 90.4 Å². The quantitative estimate of drug-likeness (QED) is 0.808. The van der Waals surface area contributed by atoms with Crippen molar-refractivity contribution >= 4 is 0 Å². The van der Waals surface area contributed by atoms with E-state index in [1.807, 2.05) is 6.07 Å². The Morgan fingerprint density at radius 3 is 3.20 bits per heavy atom. The van der Waals surface area contributed by atoms with Crippen LogP contribution in [0.2, 0.25) is 0 Å². The Balaban J connectivity index is 1.95. The van der Waals surface area contributed by atoms with Crippen LogP contribution in [0.1, 0.15) is 31.2 Å². The fraction of sp³-hybridized carbons (Fsp3) is 0.727. The second-order valence-electron chi connectivity index (χ2n) is 4.12. The highest BCUT2D eigenvalue weighted by Crippen LogP contribution is 2.20. The number of hydrogen-bond acceptors (Lipinski definition) is 4. The molecule has 0 bridgehead atoms. The van der Waals surface area contributed by atoms with Gasteiger partial charge in [-0.05, 0) is 25.9 Å². The lowest BCUT2D eigenvalue weighted by Gasteiger charge is -2.21. The van der Waals surface area contributed by atoms with Gasteiger partial charge >= 0.3 is 0 Å². The molecule has 0 aromatic carbocycles. The van der Waals surface area contributed by atoms with Crippen LogP contribution in [-0.2, 0) is 13.0 Å². The van der Waals surface area contributed by atoms with Gasteiger partial charge in [0.15, 0.2) is 0 Å². The zero-order chi connectivity index (χ0) is 10.7. The maximum absolute atomic E-state index is 5.49. The van der Waals surface area contributed by atoms with Crippen LogP contribution < -0.4 is 5.73 Å². The van der Waals surface area contributed by atoms with Crippen molar-refractivity contribution in [3.63, 3.8) is 0 Å². The Kier molecular flexibility index (Phi) is 3.38. The van der Waals surface area contributed by atoms with Crippen LogP contribution in [-0.4, -0.2) is 29.2 Å². The van der Waals surface area contributed by atoms with E-state index in [9.17, 15) is 0 Å². The van der Waals surface area contributed by atoms with Gasteiger partial charge in [0.2, 0.25) is 0 Å². The van der Waals surface area contributed by atoms with Gasteiger partial charge in [0.1, 0.15) is 5.76 Å². The monoisotopic (exact) mass is 209 g/mol. The molecule has 15 heavy (non-hydrogen) atoms. The third kappa shape index (κ3) is 2.38. The molecule has 1 saturated heterocycles. The topological polar surface area (TPSA) is 55.3 Å². The summed E-state index contributed by atoms with van der Waals surface area (Å²) in [5.41, 5.74) is 6.34. The fourth-order valence-electron chi connectivity index (χ4n) is 2.32. The number of rotatable bonds is 4. The van der Waals surface area contributed by atoms with E-state index in [1.54, 1.807) is 0 Å². The van der Waals surface area contributed by atoms with Crippen LogP contribution in [0.5, 0.6) is 0 Å². The summed E-state index contributed by atoms with van der Waals surface area (Å²) in [5.74, 6) is 0.973. The molecule has 0 saturated carbocycles. The first-order valence-electron chi connectivity index (χ1n) is 5.72. The second kappa shape index (κ2) is 4.77. The summed E-state index contributed by atoms with van der Waals surface area (Å²) < 4.78 is 5.25. The van der Waals surface area contributed by atoms with Crippen molar-refractivity contribution in [3.8, 4) is 0 Å². The molecule has 2 rings (SSSR count). The van der Waals surface area contributed by atoms with Crippen LogP contribution in [0, 0.1) is 0 Å². The van der Waals surface area contributed by atoms with E-state index in [4.69, 9.17) is 10.3 Å². The number of nitrogens with two attached hydrogens (primary N) is 1. The number of likely N-dealkylation sites (N-methyl/N-ethyl adjacent to an activating group) is 1. The van der Waals surface area contributed by atoms with Gasteiger partial charge in [0, 0.05) is 25.1 Å². The molecule has 0 radical (unpaired) electrons. The molecule has 0 amide bonds. The van der Waals surface area contributed by atoms with Crippen molar-refractivity contribution in [2.45, 2.75) is 38.8 Å². The van der Waals surface area contributed by atoms with Crippen molar-refractivity contribution in [1.82, 2.24) is 10.1 Å². The van der Waals surface area contributed by atoms with Gasteiger partial charge in [0.05, 0.1) is 5.69 Å². The predicted octanol–water partition coefficient (Wildman–Crippen LogP) is 1.16. The van der Waals surface area contributed by atoms with E-state index in [2.05, 4.69) is 17.0 Å². The Hall–Kier alpha value is -0.870. The maximum atomic E-state index is 5.49. The number of nitrogens with zero attached hydrogens (tertiary/aromatic N) is 2. The molecule has 1 aromatic heterocycles. The van der Waals surface area contributed by atoms with Crippen LogP contribution in [0.25, 0.3) is 0 Å². The summed E-state index contributed by atoms with van der Waals surface area (Å²) in [6.45, 7) is 5.03. The molecular weight excluding hydrogens is 190 g/mol. The Morgan fingerprint density at radius 1 is 1.67 bits per heavy atom. The highest BCUT2D eigenvalue weighted by molar-refractivity contribution is 5.06. The van der Waals surface area contributed by atoms with Gasteiger partial charge in [-0.2, -0.15) is 0 Å². The van der Waals surface area contributed by atoms with Crippen molar-refractivity contribution < 1.29 is 4.52 Å². The molecule has 1 aliphatic rings. The molecule has 1 unspecified atom stereocenters. The molecule has 1 fully saturated rings. The minimum Gasteiger partial charge on any atom is -0.361 e. The molecule has 4 heteroatoms. The van der Waals surface area contributed by atoms with E-state index >= 15 is 0 Å². The zero-order valence-corrected chi connectivity index (χ0v) is 9.28. The molecule has 1 atom stereocenters. The Morgan fingerprint density at radius 2 is 2.53 bits per heavy atom. The number of hydrogen-bond donors (Lipinski definition) is 1. The highest BCUT2D eigenvalue weighted by atomic mass is 16.5. The molecule has 1 aliphatic heterocycles. The molecule has 0 aliphatic carbocycles. The normalized spacial score (nSPS) is 22.4. The van der Waals surface area contributed by atoms with E-state index in [0.29, 0.717) is 12.6 Å². The first-order chi connectivity index (χ1) is 7.33. The third-order valence-electron chi connectivity index (χ3n) is 3.16. The lowest BCUT2D eigenvalue weighted by Crippen LogP contribution is -2.30. The minimum absolute atomic E-state index is 0.464. The summed E-state index contributed by atoms with van der Waals surface area (Å²) in [7, 11) is 0. The fourth-order valence-corrected chi connectivity index (χ4v) is 2.32. The summed E-state index contributed by atoms with van der Waals surface area (Å²) in [4.78, 5) is 2.50. The molecule has 84 valence electrons. The van der Waals surface area contributed by atoms with Crippen LogP contribution in [0.3, 0.4) is 0 Å². The smallest absolute Gasteiger partial charge is 0.138 e. The number of aromatic nitrogens is 1. The average Bonchev–Trinajstić information content (AvgIpc) is 2.87. The average molecular weight is 209 g/mol. The second-order valence-corrected chi connectivity index (χ2v) is 4.12. The van der Waals surface area contributed by atoms with Gasteiger partial charge in [-0.25, -0.2) is 0 Å². The SMILES string of the molecule is CCN1CCCC1Cc1cc(CN)no1. The molecular formula is C11H19N3O. The van der Waals surface area contributed by atoms with Crippen LogP contribution in [0.4, 0.5) is 0 Å². The summed E-state index contributed by atoms with van der Waals surface area (Å²) in [6.07, 6.45) is 3.55. The molecule has 2 heterocycles. The maximum Gasteiger partial charge on any atom is 0.138 e. The molecule has 2 N–H and O–H groups in total. The van der Waals surface area contributed by atoms with Gasteiger partial charge in [-0.3, -0.25) is 0 Å². The third-order valence-corrected chi connectivity index (χ3v) is 3.16. The van der Waals surface area contributed by atoms with Crippen molar-refractivity contribution in [2.24, 2.45) is 5.73 Å². The van der Waals surface area contributed by atoms with Crippen LogP contribution in [0.15, 0.2) is 10.6 Å². The van der Waals surface area contributed by atoms with Crippen molar-refractivity contribution in [2.75, 3.05) is 13.1 Å². The van der Waals surface area contributed by atoms with Crippen LogP contribution >= 0.6 is 0 Å². The predicted molar refractivity (Wildman–Crippen MR) is 58.4 cm³/mol. The number of likely N-dealkylation sites (tertiary alicyclic amines) is 1. The van der Waals surface area contributed by atoms with Gasteiger partial charge in [-0.15, -0.1) is 0 Å². The van der Waals surface area contributed by atoms with Crippen molar-refractivity contribution in [3.05, 3.63) is 17.5 Å². The van der Waals surface area contributed by atoms with E-state index < -0.39 is 0 Å². The highest BCUT2D eigenvalue weighted by Gasteiger charge is 2.24. The van der Waals surface area contributed by atoms with E-state index in [0.717, 1.165) is 24.4 Å². The lowest BCUT2D eigenvalue weighted by molar-refractivity contribution is 0.248. The summed E-state index contributed by atoms with van der Waals surface area (Å²) in [6, 6.07) is 2.61. The van der Waals surface area contributed by atoms with E-state index in [1.165, 1.54) is 19.4 Å². The standard InChI is InChI=1S/C11H19N3O/c1-2-14-5-3-4-10(14)7-11-6-9(8-12)13-15-11/h6,10H,2-5,7-8,12H2,1H3. The van der Waals surface area contributed by atoms with Gasteiger partial charge in [-0.1, -0.05) is 12.1 Å². The molecule has 1 aromatic rings. The summed E-state index contributed by atoms with van der Waals surface area (Å²) >= 11 is 0. The molecule has 0 spiro atoms. The van der Waals surface area contributed by atoms with Gasteiger partial charge in [0.25, 0.3) is 0 Å². The van der Waals surface area contributed by atoms with Gasteiger partial charge < -0.3 is 15.2 Å². The Bertz CT molecular complexity index is 311. The van der Waals surface area contributed by atoms with Crippen molar-refractivity contribution in [1.29, 1.82) is 0 Å². The van der Waals surface area contributed by atoms with E-state index in [-0.39, 0.29) is 0 Å². The lowest BCUT2D eigenvalue weighted by atomic mass is 10.1. The first-order valence-corrected chi connectivity index (χ1v) is 5.72. The largest absolute Gasteiger partial charge is 0.361 e. The zero-order valence-electron chi connectivity index (χ0n) is 9.28. The summed E-state index contributed by atoms with van der Waals surface area (Å²) in [5, 5.41) is 3.91. The minimum atomic E-state index is 0.464.